The van der Waals surface area contributed by atoms with Gasteiger partial charge in [0.2, 0.25) is 0 Å². The minimum atomic E-state index is 0.110. The van der Waals surface area contributed by atoms with E-state index in [1.165, 1.54) is 31.2 Å². The molecule has 0 radical (unpaired) electrons. The quantitative estimate of drug-likeness (QED) is 0.877. The number of nitrogens with two attached hydrogens (primary N) is 1. The molecular weight excluding hydrogens is 234 g/mol. The van der Waals surface area contributed by atoms with E-state index in [0.717, 1.165) is 5.75 Å². The van der Waals surface area contributed by atoms with Crippen molar-refractivity contribution >= 4 is 0 Å². The Morgan fingerprint density at radius 3 is 2.53 bits per heavy atom. The van der Waals surface area contributed by atoms with E-state index in [1.54, 1.807) is 0 Å². The molecule has 0 bridgehead atoms. The van der Waals surface area contributed by atoms with Crippen molar-refractivity contribution in [1.29, 1.82) is 0 Å². The van der Waals surface area contributed by atoms with Crippen molar-refractivity contribution in [2.24, 2.45) is 17.1 Å². The summed E-state index contributed by atoms with van der Waals surface area (Å²) in [5, 5.41) is 0. The molecule has 106 valence electrons. The zero-order chi connectivity index (χ0) is 13.9. The van der Waals surface area contributed by atoms with Crippen LogP contribution in [0.4, 0.5) is 0 Å². The molecule has 1 aliphatic rings. The maximum absolute atomic E-state index is 6.51. The lowest BCUT2D eigenvalue weighted by Gasteiger charge is -2.37. The zero-order valence-electron chi connectivity index (χ0n) is 12.5. The van der Waals surface area contributed by atoms with E-state index in [0.29, 0.717) is 17.9 Å². The first-order valence-corrected chi connectivity index (χ1v) is 7.51. The van der Waals surface area contributed by atoms with Gasteiger partial charge in [-0.15, -0.1) is 0 Å². The molecule has 2 rings (SSSR count). The Morgan fingerprint density at radius 2 is 1.89 bits per heavy atom. The van der Waals surface area contributed by atoms with Crippen LogP contribution in [0.5, 0.6) is 5.75 Å². The number of benzene rings is 1. The molecule has 0 spiro atoms. The van der Waals surface area contributed by atoms with Crippen LogP contribution in [0, 0.1) is 11.3 Å². The fraction of sp³-hybridized carbons (Fsp3) is 0.647. The molecule has 1 atom stereocenters. The molecule has 0 aliphatic heterocycles. The van der Waals surface area contributed by atoms with Gasteiger partial charge < -0.3 is 10.5 Å². The van der Waals surface area contributed by atoms with Crippen LogP contribution < -0.4 is 10.5 Å². The minimum Gasteiger partial charge on any atom is -0.494 e. The summed E-state index contributed by atoms with van der Waals surface area (Å²) in [5.74, 6) is 1.55. The van der Waals surface area contributed by atoms with E-state index in [4.69, 9.17) is 10.5 Å². The highest BCUT2D eigenvalue weighted by Gasteiger charge is 2.31. The van der Waals surface area contributed by atoms with Crippen LogP contribution in [0.1, 0.15) is 58.1 Å². The first-order valence-electron chi connectivity index (χ1n) is 7.51. The number of ether oxygens (including phenoxy) is 1. The molecule has 0 amide bonds. The van der Waals surface area contributed by atoms with Crippen LogP contribution in [0.2, 0.25) is 0 Å². The van der Waals surface area contributed by atoms with Gasteiger partial charge in [0.05, 0.1) is 6.61 Å². The Balaban J connectivity index is 2.09. The van der Waals surface area contributed by atoms with Gasteiger partial charge in [-0.3, -0.25) is 0 Å². The molecule has 0 aromatic heterocycles. The third-order valence-corrected chi connectivity index (χ3v) is 4.47. The zero-order valence-corrected chi connectivity index (χ0v) is 12.5. The Labute approximate surface area is 117 Å². The molecule has 2 N–H and O–H groups in total. The maximum atomic E-state index is 6.51. The standard InChI is InChI=1S/C17H27NO/c1-4-19-15-8-6-5-7-14(15)16(18)13-9-11-17(2,3)12-10-13/h5-8,13,16H,4,9-12,18H2,1-3H3. The second-order valence-electron chi connectivity index (χ2n) is 6.50. The highest BCUT2D eigenvalue weighted by atomic mass is 16.5. The van der Waals surface area contributed by atoms with Crippen molar-refractivity contribution in [2.75, 3.05) is 6.61 Å². The van der Waals surface area contributed by atoms with Gasteiger partial charge in [0.25, 0.3) is 0 Å². The van der Waals surface area contributed by atoms with E-state index in [-0.39, 0.29) is 6.04 Å². The first kappa shape index (κ1) is 14.4. The SMILES string of the molecule is CCOc1ccccc1C(N)C1CCC(C)(C)CC1. The van der Waals surface area contributed by atoms with Crippen molar-refractivity contribution in [3.63, 3.8) is 0 Å². The Bertz CT molecular complexity index is 403. The number of hydrogen-bond donors (Lipinski definition) is 1. The molecular formula is C17H27NO. The summed E-state index contributed by atoms with van der Waals surface area (Å²) in [5.41, 5.74) is 8.18. The topological polar surface area (TPSA) is 35.2 Å². The van der Waals surface area contributed by atoms with E-state index < -0.39 is 0 Å². The fourth-order valence-electron chi connectivity index (χ4n) is 3.08. The Hall–Kier alpha value is -1.02. The average Bonchev–Trinajstić information content (AvgIpc) is 2.39. The van der Waals surface area contributed by atoms with Gasteiger partial charge >= 0.3 is 0 Å². The second kappa shape index (κ2) is 5.96. The lowest BCUT2D eigenvalue weighted by molar-refractivity contribution is 0.172. The monoisotopic (exact) mass is 261 g/mol. The van der Waals surface area contributed by atoms with Crippen LogP contribution >= 0.6 is 0 Å². The van der Waals surface area contributed by atoms with Crippen LogP contribution in [0.3, 0.4) is 0 Å². The average molecular weight is 261 g/mol. The molecule has 0 saturated heterocycles. The Kier molecular flexibility index (Phi) is 4.51. The molecule has 0 heterocycles. The first-order chi connectivity index (χ1) is 9.03. The Morgan fingerprint density at radius 1 is 1.26 bits per heavy atom. The van der Waals surface area contributed by atoms with E-state index >= 15 is 0 Å². The largest absolute Gasteiger partial charge is 0.494 e. The van der Waals surface area contributed by atoms with Crippen LogP contribution in [0.15, 0.2) is 24.3 Å². The summed E-state index contributed by atoms with van der Waals surface area (Å²) in [4.78, 5) is 0. The molecule has 2 nitrogen and oxygen atoms in total. The van der Waals surface area contributed by atoms with Gasteiger partial charge in [0, 0.05) is 11.6 Å². The summed E-state index contributed by atoms with van der Waals surface area (Å²) in [7, 11) is 0. The summed E-state index contributed by atoms with van der Waals surface area (Å²) >= 11 is 0. The maximum Gasteiger partial charge on any atom is 0.124 e. The molecule has 1 aromatic rings. The molecule has 2 heteroatoms. The van der Waals surface area contributed by atoms with Crippen LogP contribution in [-0.2, 0) is 0 Å². The third kappa shape index (κ3) is 3.50. The lowest BCUT2D eigenvalue weighted by atomic mass is 9.70. The predicted octanol–water partition coefficient (Wildman–Crippen LogP) is 4.30. The van der Waals surface area contributed by atoms with Crippen molar-refractivity contribution in [3.8, 4) is 5.75 Å². The van der Waals surface area contributed by atoms with Crippen molar-refractivity contribution in [3.05, 3.63) is 29.8 Å². The minimum absolute atomic E-state index is 0.110. The molecule has 1 saturated carbocycles. The normalized spacial score (nSPS) is 21.1. The summed E-state index contributed by atoms with van der Waals surface area (Å²) < 4.78 is 5.71. The van der Waals surface area contributed by atoms with Crippen molar-refractivity contribution < 1.29 is 4.74 Å². The van der Waals surface area contributed by atoms with Gasteiger partial charge in [-0.25, -0.2) is 0 Å². The third-order valence-electron chi connectivity index (χ3n) is 4.47. The number of hydrogen-bond acceptors (Lipinski definition) is 2. The smallest absolute Gasteiger partial charge is 0.124 e. The van der Waals surface area contributed by atoms with Crippen LogP contribution in [-0.4, -0.2) is 6.61 Å². The van der Waals surface area contributed by atoms with Gasteiger partial charge in [0.15, 0.2) is 0 Å². The number of rotatable bonds is 4. The molecule has 1 aliphatic carbocycles. The van der Waals surface area contributed by atoms with E-state index in [2.05, 4.69) is 26.0 Å². The summed E-state index contributed by atoms with van der Waals surface area (Å²) in [6.45, 7) is 7.44. The van der Waals surface area contributed by atoms with E-state index in [9.17, 15) is 0 Å². The second-order valence-corrected chi connectivity index (χ2v) is 6.50. The van der Waals surface area contributed by atoms with Gasteiger partial charge in [-0.2, -0.15) is 0 Å². The van der Waals surface area contributed by atoms with Crippen molar-refractivity contribution in [1.82, 2.24) is 0 Å². The molecule has 1 fully saturated rings. The molecule has 1 unspecified atom stereocenters. The summed E-state index contributed by atoms with van der Waals surface area (Å²) in [6.07, 6.45) is 5.02. The lowest BCUT2D eigenvalue weighted by Crippen LogP contribution is -2.29. The van der Waals surface area contributed by atoms with E-state index in [1.807, 2.05) is 19.1 Å². The molecule has 19 heavy (non-hydrogen) atoms. The highest BCUT2D eigenvalue weighted by Crippen LogP contribution is 2.43. The van der Waals surface area contributed by atoms with Crippen molar-refractivity contribution in [2.45, 2.75) is 52.5 Å². The van der Waals surface area contributed by atoms with Gasteiger partial charge in [0.1, 0.15) is 5.75 Å². The van der Waals surface area contributed by atoms with Gasteiger partial charge in [-0.05, 0) is 50.0 Å². The fourth-order valence-corrected chi connectivity index (χ4v) is 3.08. The highest BCUT2D eigenvalue weighted by molar-refractivity contribution is 5.36. The molecule has 1 aromatic carbocycles. The van der Waals surface area contributed by atoms with Crippen LogP contribution in [0.25, 0.3) is 0 Å². The summed E-state index contributed by atoms with van der Waals surface area (Å²) in [6, 6.07) is 8.34. The van der Waals surface area contributed by atoms with Gasteiger partial charge in [-0.1, -0.05) is 32.0 Å². The number of para-hydroxylation sites is 1. The predicted molar refractivity (Wildman–Crippen MR) is 80.3 cm³/mol.